The second-order valence-corrected chi connectivity index (χ2v) is 4.18. The Kier molecular flexibility index (Phi) is 3.22. The molecule has 74 valence electrons. The van der Waals surface area contributed by atoms with Crippen molar-refractivity contribution in [1.29, 1.82) is 0 Å². The molecular weight excluding hydrogens is 194 g/mol. The molecule has 1 atom stereocenters. The van der Waals surface area contributed by atoms with E-state index >= 15 is 0 Å². The maximum Gasteiger partial charge on any atom is 0.0643 e. The minimum absolute atomic E-state index is 0.174. The van der Waals surface area contributed by atoms with Gasteiger partial charge in [0.1, 0.15) is 0 Å². The van der Waals surface area contributed by atoms with E-state index in [2.05, 4.69) is 41.3 Å². The summed E-state index contributed by atoms with van der Waals surface area (Å²) in [6.07, 6.45) is 4.22. The third kappa shape index (κ3) is 2.60. The van der Waals surface area contributed by atoms with Crippen LogP contribution in [-0.2, 0) is 6.54 Å². The highest BCUT2D eigenvalue weighted by molar-refractivity contribution is 6.22. The highest BCUT2D eigenvalue weighted by Gasteiger charge is 2.12. The van der Waals surface area contributed by atoms with Gasteiger partial charge in [0, 0.05) is 19.6 Å². The van der Waals surface area contributed by atoms with Gasteiger partial charge < -0.3 is 0 Å². The molecule has 0 radical (unpaired) electrons. The van der Waals surface area contributed by atoms with Gasteiger partial charge in [0.2, 0.25) is 0 Å². The summed E-state index contributed by atoms with van der Waals surface area (Å²) in [6, 6.07) is 10.5. The first kappa shape index (κ1) is 9.75. The number of nitrogens with zero attached hydrogens (tertiary/aromatic N) is 1. The first-order valence-electron chi connectivity index (χ1n) is 4.91. The molecule has 1 aliphatic heterocycles. The first-order valence-corrected chi connectivity index (χ1v) is 5.35. The molecule has 0 bridgehead atoms. The lowest BCUT2D eigenvalue weighted by molar-refractivity contribution is 0.293. The minimum atomic E-state index is 0.174. The van der Waals surface area contributed by atoms with Crippen LogP contribution in [0.25, 0.3) is 0 Å². The van der Waals surface area contributed by atoms with Crippen LogP contribution in [-0.4, -0.2) is 23.4 Å². The standard InChI is InChI=1S/C12H14ClN/c13-12-7-4-8-14(10-12)9-11-5-2-1-3-6-11/h1-7,12H,8-10H2. The quantitative estimate of drug-likeness (QED) is 0.533. The van der Waals surface area contributed by atoms with Gasteiger partial charge in [0.05, 0.1) is 5.38 Å². The van der Waals surface area contributed by atoms with Crippen molar-refractivity contribution in [2.24, 2.45) is 0 Å². The summed E-state index contributed by atoms with van der Waals surface area (Å²) in [7, 11) is 0. The third-order valence-corrected chi connectivity index (χ3v) is 2.67. The summed E-state index contributed by atoms with van der Waals surface area (Å²) in [4.78, 5) is 2.35. The van der Waals surface area contributed by atoms with Gasteiger partial charge in [-0.25, -0.2) is 0 Å². The summed E-state index contributed by atoms with van der Waals surface area (Å²) in [5.74, 6) is 0. The Labute approximate surface area is 90.0 Å². The zero-order valence-corrected chi connectivity index (χ0v) is 8.82. The van der Waals surface area contributed by atoms with Crippen molar-refractivity contribution in [3.05, 3.63) is 48.0 Å². The van der Waals surface area contributed by atoms with Gasteiger partial charge in [0.15, 0.2) is 0 Å². The summed E-state index contributed by atoms with van der Waals surface area (Å²) in [6.45, 7) is 2.96. The number of hydrogen-bond acceptors (Lipinski definition) is 1. The van der Waals surface area contributed by atoms with E-state index in [0.717, 1.165) is 19.6 Å². The highest BCUT2D eigenvalue weighted by Crippen LogP contribution is 2.11. The van der Waals surface area contributed by atoms with E-state index in [-0.39, 0.29) is 5.38 Å². The van der Waals surface area contributed by atoms with Gasteiger partial charge in [0.25, 0.3) is 0 Å². The molecule has 2 heteroatoms. The molecule has 1 heterocycles. The van der Waals surface area contributed by atoms with Crippen LogP contribution in [0.4, 0.5) is 0 Å². The second-order valence-electron chi connectivity index (χ2n) is 3.62. The second kappa shape index (κ2) is 4.63. The predicted octanol–water partition coefficient (Wildman–Crippen LogP) is 2.67. The summed E-state index contributed by atoms with van der Waals surface area (Å²) >= 11 is 6.05. The van der Waals surface area contributed by atoms with Crippen LogP contribution in [0.1, 0.15) is 5.56 Å². The number of benzene rings is 1. The van der Waals surface area contributed by atoms with Crippen molar-refractivity contribution in [2.45, 2.75) is 11.9 Å². The minimum Gasteiger partial charge on any atom is -0.294 e. The third-order valence-electron chi connectivity index (χ3n) is 2.39. The lowest BCUT2D eigenvalue weighted by Crippen LogP contribution is -2.32. The maximum atomic E-state index is 6.05. The van der Waals surface area contributed by atoms with Gasteiger partial charge >= 0.3 is 0 Å². The maximum absolute atomic E-state index is 6.05. The average molecular weight is 208 g/mol. The fourth-order valence-corrected chi connectivity index (χ4v) is 2.01. The lowest BCUT2D eigenvalue weighted by atomic mass is 10.2. The molecule has 2 rings (SSSR count). The van der Waals surface area contributed by atoms with Crippen LogP contribution in [0.15, 0.2) is 42.5 Å². The number of alkyl halides is 1. The molecule has 1 aromatic rings. The van der Waals surface area contributed by atoms with Crippen molar-refractivity contribution in [1.82, 2.24) is 4.90 Å². The molecule has 14 heavy (non-hydrogen) atoms. The van der Waals surface area contributed by atoms with E-state index in [1.54, 1.807) is 0 Å². The smallest absolute Gasteiger partial charge is 0.0643 e. The summed E-state index contributed by atoms with van der Waals surface area (Å²) in [5, 5.41) is 0.174. The molecule has 0 N–H and O–H groups in total. The molecule has 0 amide bonds. The molecule has 0 saturated heterocycles. The Morgan fingerprint density at radius 2 is 2.07 bits per heavy atom. The predicted molar refractivity (Wildman–Crippen MR) is 60.5 cm³/mol. The van der Waals surface area contributed by atoms with E-state index < -0.39 is 0 Å². The Morgan fingerprint density at radius 1 is 1.29 bits per heavy atom. The van der Waals surface area contributed by atoms with E-state index in [4.69, 9.17) is 11.6 Å². The van der Waals surface area contributed by atoms with E-state index in [9.17, 15) is 0 Å². The van der Waals surface area contributed by atoms with Crippen LogP contribution in [0, 0.1) is 0 Å². The number of hydrogen-bond donors (Lipinski definition) is 0. The zero-order valence-electron chi connectivity index (χ0n) is 8.07. The van der Waals surface area contributed by atoms with Crippen LogP contribution in [0.5, 0.6) is 0 Å². The zero-order chi connectivity index (χ0) is 9.80. The van der Waals surface area contributed by atoms with Gasteiger partial charge in [-0.1, -0.05) is 42.5 Å². The van der Waals surface area contributed by atoms with Crippen molar-refractivity contribution < 1.29 is 0 Å². The molecule has 0 saturated carbocycles. The number of halogens is 1. The molecule has 1 nitrogen and oxygen atoms in total. The Balaban J connectivity index is 1.96. The van der Waals surface area contributed by atoms with Gasteiger partial charge in [-0.3, -0.25) is 4.90 Å². The van der Waals surface area contributed by atoms with E-state index in [1.807, 2.05) is 6.07 Å². The van der Waals surface area contributed by atoms with E-state index in [1.165, 1.54) is 5.56 Å². The fourth-order valence-electron chi connectivity index (χ4n) is 1.71. The molecule has 1 aliphatic rings. The topological polar surface area (TPSA) is 3.24 Å². The van der Waals surface area contributed by atoms with Crippen molar-refractivity contribution in [3.8, 4) is 0 Å². The average Bonchev–Trinajstić information content (AvgIpc) is 2.19. The fraction of sp³-hybridized carbons (Fsp3) is 0.333. The first-order chi connectivity index (χ1) is 6.84. The van der Waals surface area contributed by atoms with Gasteiger partial charge in [-0.15, -0.1) is 11.6 Å². The molecular formula is C12H14ClN. The SMILES string of the molecule is ClC1C=CCN(Cc2ccccc2)C1. The van der Waals surface area contributed by atoms with E-state index in [0.29, 0.717) is 0 Å². The Hall–Kier alpha value is -0.790. The molecule has 0 spiro atoms. The van der Waals surface area contributed by atoms with Crippen LogP contribution < -0.4 is 0 Å². The summed E-state index contributed by atoms with van der Waals surface area (Å²) in [5.41, 5.74) is 1.35. The van der Waals surface area contributed by atoms with Crippen molar-refractivity contribution in [3.63, 3.8) is 0 Å². The van der Waals surface area contributed by atoms with Crippen LogP contribution in [0.2, 0.25) is 0 Å². The lowest BCUT2D eigenvalue weighted by Gasteiger charge is -2.25. The van der Waals surface area contributed by atoms with Gasteiger partial charge in [-0.05, 0) is 5.56 Å². The van der Waals surface area contributed by atoms with Crippen molar-refractivity contribution in [2.75, 3.05) is 13.1 Å². The van der Waals surface area contributed by atoms with Gasteiger partial charge in [-0.2, -0.15) is 0 Å². The molecule has 0 aliphatic carbocycles. The van der Waals surface area contributed by atoms with Crippen LogP contribution >= 0.6 is 11.6 Å². The molecule has 1 unspecified atom stereocenters. The largest absolute Gasteiger partial charge is 0.294 e. The normalized spacial score (nSPS) is 22.5. The van der Waals surface area contributed by atoms with Crippen molar-refractivity contribution >= 4 is 11.6 Å². The highest BCUT2D eigenvalue weighted by atomic mass is 35.5. The summed E-state index contributed by atoms with van der Waals surface area (Å²) < 4.78 is 0. The Bertz CT molecular complexity index is 307. The molecule has 0 aromatic heterocycles. The number of rotatable bonds is 2. The Morgan fingerprint density at radius 3 is 2.79 bits per heavy atom. The monoisotopic (exact) mass is 207 g/mol. The molecule has 0 fully saturated rings. The van der Waals surface area contributed by atoms with Crippen LogP contribution in [0.3, 0.4) is 0 Å². The molecule has 1 aromatic carbocycles.